The summed E-state index contributed by atoms with van der Waals surface area (Å²) < 4.78 is 0. The molecule has 1 aromatic rings. The van der Waals surface area contributed by atoms with Crippen LogP contribution in [-0.2, 0) is 16.0 Å². The van der Waals surface area contributed by atoms with Crippen LogP contribution in [0.2, 0.25) is 0 Å². The summed E-state index contributed by atoms with van der Waals surface area (Å²) in [4.78, 5) is 24.5. The minimum absolute atomic E-state index is 0.0585. The minimum atomic E-state index is -0.747. The minimum Gasteiger partial charge on any atom is -0.387 e. The number of nitrogens with zero attached hydrogens (tertiary/aromatic N) is 1. The molecular formula is C14H15NO3. The van der Waals surface area contributed by atoms with Crippen molar-refractivity contribution < 1.29 is 14.7 Å². The number of imide groups is 1. The van der Waals surface area contributed by atoms with E-state index < -0.39 is 6.10 Å². The number of β-amino-alcohol motifs (C(OH)–C–C–N with tert-alkyl or cyclic N) is 1. The Morgan fingerprint density at radius 2 is 2.06 bits per heavy atom. The molecule has 0 unspecified atom stereocenters. The van der Waals surface area contributed by atoms with Crippen molar-refractivity contribution in [2.24, 2.45) is 0 Å². The van der Waals surface area contributed by atoms with Crippen molar-refractivity contribution in [2.45, 2.75) is 18.9 Å². The SMILES string of the molecule is O=C1C=C[C@@H](O)CN1C(=O)CCc1ccccc1. The zero-order valence-corrected chi connectivity index (χ0v) is 9.95. The molecule has 0 radical (unpaired) electrons. The van der Waals surface area contributed by atoms with E-state index in [1.807, 2.05) is 30.3 Å². The molecule has 1 heterocycles. The molecule has 94 valence electrons. The maximum Gasteiger partial charge on any atom is 0.253 e. The van der Waals surface area contributed by atoms with Crippen molar-refractivity contribution in [3.05, 3.63) is 48.0 Å². The van der Waals surface area contributed by atoms with Crippen molar-refractivity contribution in [1.29, 1.82) is 0 Å². The lowest BCUT2D eigenvalue weighted by atomic mass is 10.1. The van der Waals surface area contributed by atoms with Crippen molar-refractivity contribution in [3.63, 3.8) is 0 Å². The molecule has 0 fully saturated rings. The van der Waals surface area contributed by atoms with Gasteiger partial charge in [-0.3, -0.25) is 14.5 Å². The maximum absolute atomic E-state index is 11.9. The van der Waals surface area contributed by atoms with Gasteiger partial charge < -0.3 is 5.11 Å². The Kier molecular flexibility index (Phi) is 3.89. The predicted octanol–water partition coefficient (Wildman–Crippen LogP) is 0.905. The molecule has 0 aromatic heterocycles. The Labute approximate surface area is 106 Å². The van der Waals surface area contributed by atoms with Crippen LogP contribution in [0.3, 0.4) is 0 Å². The van der Waals surface area contributed by atoms with Gasteiger partial charge in [0.25, 0.3) is 5.91 Å². The molecule has 1 N–H and O–H groups in total. The van der Waals surface area contributed by atoms with Crippen LogP contribution in [0.4, 0.5) is 0 Å². The quantitative estimate of drug-likeness (QED) is 0.861. The fourth-order valence-electron chi connectivity index (χ4n) is 1.88. The molecule has 1 atom stereocenters. The van der Waals surface area contributed by atoms with Crippen LogP contribution in [-0.4, -0.2) is 34.5 Å². The van der Waals surface area contributed by atoms with Gasteiger partial charge in [-0.1, -0.05) is 30.3 Å². The van der Waals surface area contributed by atoms with Crippen molar-refractivity contribution in [3.8, 4) is 0 Å². The van der Waals surface area contributed by atoms with Gasteiger partial charge in [0, 0.05) is 12.5 Å². The number of aryl methyl sites for hydroxylation is 1. The third-order valence-electron chi connectivity index (χ3n) is 2.87. The lowest BCUT2D eigenvalue weighted by Gasteiger charge is -2.24. The number of hydrogen-bond acceptors (Lipinski definition) is 3. The largest absolute Gasteiger partial charge is 0.387 e. The third kappa shape index (κ3) is 3.05. The first kappa shape index (κ1) is 12.5. The molecule has 2 amide bonds. The molecule has 0 saturated heterocycles. The highest BCUT2D eigenvalue weighted by Gasteiger charge is 2.24. The van der Waals surface area contributed by atoms with E-state index in [1.165, 1.54) is 12.2 Å². The number of benzene rings is 1. The maximum atomic E-state index is 11.9. The summed E-state index contributed by atoms with van der Waals surface area (Å²) in [7, 11) is 0. The van der Waals surface area contributed by atoms with E-state index in [1.54, 1.807) is 0 Å². The van der Waals surface area contributed by atoms with Gasteiger partial charge in [-0.15, -0.1) is 0 Å². The number of amides is 2. The van der Waals surface area contributed by atoms with Gasteiger partial charge >= 0.3 is 0 Å². The van der Waals surface area contributed by atoms with Gasteiger partial charge in [0.2, 0.25) is 5.91 Å². The smallest absolute Gasteiger partial charge is 0.253 e. The van der Waals surface area contributed by atoms with Gasteiger partial charge in [-0.25, -0.2) is 0 Å². The fourth-order valence-corrected chi connectivity index (χ4v) is 1.88. The Balaban J connectivity index is 1.92. The molecule has 2 rings (SSSR count). The molecule has 18 heavy (non-hydrogen) atoms. The van der Waals surface area contributed by atoms with Gasteiger partial charge in [-0.05, 0) is 18.1 Å². The predicted molar refractivity (Wildman–Crippen MR) is 66.6 cm³/mol. The number of aliphatic hydroxyl groups excluding tert-OH is 1. The van der Waals surface area contributed by atoms with E-state index in [4.69, 9.17) is 0 Å². The zero-order valence-electron chi connectivity index (χ0n) is 9.95. The molecule has 1 aromatic carbocycles. The van der Waals surface area contributed by atoms with E-state index >= 15 is 0 Å². The highest BCUT2D eigenvalue weighted by molar-refractivity contribution is 6.01. The molecular weight excluding hydrogens is 230 g/mol. The van der Waals surface area contributed by atoms with Crippen molar-refractivity contribution >= 4 is 11.8 Å². The number of carbonyl (C=O) groups is 2. The lowest BCUT2D eigenvalue weighted by molar-refractivity contribution is -0.143. The van der Waals surface area contributed by atoms with Crippen molar-refractivity contribution in [2.75, 3.05) is 6.54 Å². The normalized spacial score (nSPS) is 19.1. The number of aliphatic hydroxyl groups is 1. The van der Waals surface area contributed by atoms with Gasteiger partial charge in [0.1, 0.15) is 0 Å². The Morgan fingerprint density at radius 1 is 1.33 bits per heavy atom. The number of hydrogen-bond donors (Lipinski definition) is 1. The summed E-state index contributed by atoms with van der Waals surface area (Å²) in [5.74, 6) is -0.592. The van der Waals surface area contributed by atoms with Crippen LogP contribution in [0.1, 0.15) is 12.0 Å². The number of rotatable bonds is 3. The van der Waals surface area contributed by atoms with Crippen LogP contribution in [0.5, 0.6) is 0 Å². The summed E-state index contributed by atoms with van der Waals surface area (Å²) in [6.07, 6.45) is 2.78. The number of carbonyl (C=O) groups excluding carboxylic acids is 2. The first-order valence-corrected chi connectivity index (χ1v) is 5.91. The average Bonchev–Trinajstić information content (AvgIpc) is 2.40. The third-order valence-corrected chi connectivity index (χ3v) is 2.87. The highest BCUT2D eigenvalue weighted by atomic mass is 16.3. The van der Waals surface area contributed by atoms with Crippen LogP contribution >= 0.6 is 0 Å². The fraction of sp³-hybridized carbons (Fsp3) is 0.286. The Bertz CT molecular complexity index is 467. The summed E-state index contributed by atoms with van der Waals surface area (Å²) in [6, 6.07) is 9.64. The second-order valence-corrected chi connectivity index (χ2v) is 4.25. The molecule has 1 aliphatic heterocycles. The second kappa shape index (κ2) is 5.60. The monoisotopic (exact) mass is 245 g/mol. The Morgan fingerprint density at radius 3 is 2.78 bits per heavy atom. The van der Waals surface area contributed by atoms with Crippen LogP contribution in [0.25, 0.3) is 0 Å². The molecule has 1 aliphatic rings. The van der Waals surface area contributed by atoms with Gasteiger partial charge in [0.15, 0.2) is 0 Å². The summed E-state index contributed by atoms with van der Waals surface area (Å²) in [5, 5.41) is 9.40. The lowest BCUT2D eigenvalue weighted by Crippen LogP contribution is -2.43. The average molecular weight is 245 g/mol. The molecule has 0 saturated carbocycles. The second-order valence-electron chi connectivity index (χ2n) is 4.25. The first-order chi connectivity index (χ1) is 8.66. The molecule has 4 nitrogen and oxygen atoms in total. The van der Waals surface area contributed by atoms with E-state index in [0.717, 1.165) is 10.5 Å². The van der Waals surface area contributed by atoms with E-state index in [9.17, 15) is 14.7 Å². The van der Waals surface area contributed by atoms with Crippen molar-refractivity contribution in [1.82, 2.24) is 4.90 Å². The first-order valence-electron chi connectivity index (χ1n) is 5.91. The van der Waals surface area contributed by atoms with Gasteiger partial charge in [-0.2, -0.15) is 0 Å². The Hall–Kier alpha value is -1.94. The van der Waals surface area contributed by atoms with Crippen LogP contribution in [0.15, 0.2) is 42.5 Å². The van der Waals surface area contributed by atoms with E-state index in [-0.39, 0.29) is 24.8 Å². The van der Waals surface area contributed by atoms with Crippen LogP contribution in [0, 0.1) is 0 Å². The zero-order chi connectivity index (χ0) is 13.0. The van der Waals surface area contributed by atoms with E-state index in [0.29, 0.717) is 6.42 Å². The highest BCUT2D eigenvalue weighted by Crippen LogP contribution is 2.09. The molecule has 0 aliphatic carbocycles. The van der Waals surface area contributed by atoms with E-state index in [2.05, 4.69) is 0 Å². The summed E-state index contributed by atoms with van der Waals surface area (Å²) in [6.45, 7) is 0.0585. The van der Waals surface area contributed by atoms with Gasteiger partial charge in [0.05, 0.1) is 12.6 Å². The topological polar surface area (TPSA) is 57.6 Å². The summed E-state index contributed by atoms with van der Waals surface area (Å²) >= 11 is 0. The standard InChI is InChI=1S/C14H15NO3/c16-12-7-9-14(18)15(10-12)13(17)8-6-11-4-2-1-3-5-11/h1-5,7,9,12,16H,6,8,10H2/t12-/m1/s1. The molecule has 0 spiro atoms. The van der Waals surface area contributed by atoms with Crippen LogP contribution < -0.4 is 0 Å². The molecule has 4 heteroatoms. The molecule has 0 bridgehead atoms. The summed E-state index contributed by atoms with van der Waals surface area (Å²) in [5.41, 5.74) is 1.06.